The number of ether oxygens (including phenoxy) is 1. The van der Waals surface area contributed by atoms with Crippen molar-refractivity contribution in [2.45, 2.75) is 32.0 Å². The van der Waals surface area contributed by atoms with Crippen molar-refractivity contribution in [2.75, 3.05) is 30.5 Å². The first kappa shape index (κ1) is 16.7. The van der Waals surface area contributed by atoms with Crippen LogP contribution < -0.4 is 10.2 Å². The van der Waals surface area contributed by atoms with E-state index < -0.39 is 0 Å². The van der Waals surface area contributed by atoms with E-state index in [1.807, 2.05) is 18.2 Å². The van der Waals surface area contributed by atoms with Crippen LogP contribution in [0.1, 0.15) is 24.0 Å². The van der Waals surface area contributed by atoms with Crippen molar-refractivity contribution in [1.29, 1.82) is 0 Å². The van der Waals surface area contributed by atoms with Gasteiger partial charge in [-0.25, -0.2) is 9.97 Å². The summed E-state index contributed by atoms with van der Waals surface area (Å²) in [6.07, 6.45) is 3.67. The van der Waals surface area contributed by atoms with Crippen LogP contribution in [-0.2, 0) is 17.9 Å². The summed E-state index contributed by atoms with van der Waals surface area (Å²) in [6, 6.07) is 10.3. The van der Waals surface area contributed by atoms with Gasteiger partial charge in [-0.2, -0.15) is 0 Å². The van der Waals surface area contributed by atoms with Gasteiger partial charge in [-0.1, -0.05) is 24.3 Å². The molecule has 0 radical (unpaired) electrons. The monoisotopic (exact) mass is 328 g/mol. The number of aromatic nitrogens is 2. The Morgan fingerprint density at radius 2 is 2.12 bits per heavy atom. The number of nitrogens with one attached hydrogen (secondary N) is 1. The lowest BCUT2D eigenvalue weighted by Gasteiger charge is -2.24. The van der Waals surface area contributed by atoms with E-state index in [0.29, 0.717) is 13.2 Å². The zero-order valence-corrected chi connectivity index (χ0v) is 14.0. The molecule has 1 aromatic carbocycles. The highest BCUT2D eigenvalue weighted by Gasteiger charge is 2.25. The maximum atomic E-state index is 9.49. The smallest absolute Gasteiger partial charge is 0.134 e. The van der Waals surface area contributed by atoms with Crippen LogP contribution in [0.15, 0.2) is 36.7 Å². The largest absolute Gasteiger partial charge is 0.394 e. The van der Waals surface area contributed by atoms with Gasteiger partial charge in [0.05, 0.1) is 19.3 Å². The van der Waals surface area contributed by atoms with Crippen molar-refractivity contribution in [2.24, 2.45) is 0 Å². The molecule has 1 saturated heterocycles. The zero-order valence-electron chi connectivity index (χ0n) is 14.0. The van der Waals surface area contributed by atoms with Crippen LogP contribution in [0.4, 0.5) is 11.6 Å². The van der Waals surface area contributed by atoms with Gasteiger partial charge in [-0.3, -0.25) is 0 Å². The lowest BCUT2D eigenvalue weighted by Crippen LogP contribution is -2.32. The van der Waals surface area contributed by atoms with Crippen LogP contribution in [0, 0.1) is 0 Å². The number of nitrogens with zero attached hydrogens (tertiary/aromatic N) is 3. The molecule has 1 aliphatic rings. The molecule has 1 aliphatic heterocycles. The number of methoxy groups -OCH3 is 1. The molecule has 0 unspecified atom stereocenters. The van der Waals surface area contributed by atoms with Gasteiger partial charge in [0.1, 0.15) is 18.0 Å². The van der Waals surface area contributed by atoms with Crippen molar-refractivity contribution in [3.05, 3.63) is 47.8 Å². The molecule has 0 spiro atoms. The first-order valence-corrected chi connectivity index (χ1v) is 8.31. The van der Waals surface area contributed by atoms with Crippen molar-refractivity contribution >= 4 is 11.6 Å². The molecule has 3 rings (SSSR count). The maximum absolute atomic E-state index is 9.49. The minimum atomic E-state index is 0.162. The molecule has 0 saturated carbocycles. The highest BCUT2D eigenvalue weighted by Crippen LogP contribution is 2.24. The number of hydrogen-bond acceptors (Lipinski definition) is 6. The van der Waals surface area contributed by atoms with Crippen molar-refractivity contribution < 1.29 is 9.84 Å². The van der Waals surface area contributed by atoms with Crippen molar-refractivity contribution in [3.63, 3.8) is 0 Å². The zero-order chi connectivity index (χ0) is 16.8. The molecular formula is C18H24N4O2. The Bertz CT molecular complexity index is 665. The van der Waals surface area contributed by atoms with Gasteiger partial charge < -0.3 is 20.1 Å². The minimum Gasteiger partial charge on any atom is -0.394 e. The molecule has 2 aromatic rings. The molecule has 24 heavy (non-hydrogen) atoms. The van der Waals surface area contributed by atoms with E-state index in [4.69, 9.17) is 4.74 Å². The molecule has 0 aliphatic carbocycles. The number of aliphatic hydroxyl groups is 1. The third kappa shape index (κ3) is 3.83. The number of aliphatic hydroxyl groups excluding tert-OH is 1. The first-order chi connectivity index (χ1) is 11.8. The van der Waals surface area contributed by atoms with E-state index in [1.165, 1.54) is 11.1 Å². The second-order valence-electron chi connectivity index (χ2n) is 5.99. The third-order valence-corrected chi connectivity index (χ3v) is 4.41. The minimum absolute atomic E-state index is 0.162. The van der Waals surface area contributed by atoms with E-state index in [-0.39, 0.29) is 12.6 Å². The molecule has 6 nitrogen and oxygen atoms in total. The average molecular weight is 328 g/mol. The lowest BCUT2D eigenvalue weighted by atomic mass is 10.1. The fourth-order valence-corrected chi connectivity index (χ4v) is 3.14. The molecule has 0 amide bonds. The van der Waals surface area contributed by atoms with Gasteiger partial charge in [-0.05, 0) is 24.0 Å². The second kappa shape index (κ2) is 8.08. The number of rotatable bonds is 7. The third-order valence-electron chi connectivity index (χ3n) is 4.41. The molecule has 2 heterocycles. The summed E-state index contributed by atoms with van der Waals surface area (Å²) in [5, 5.41) is 12.8. The van der Waals surface area contributed by atoms with E-state index >= 15 is 0 Å². The summed E-state index contributed by atoms with van der Waals surface area (Å²) in [5.41, 5.74) is 2.36. The van der Waals surface area contributed by atoms with Crippen LogP contribution in [-0.4, -0.2) is 41.4 Å². The first-order valence-electron chi connectivity index (χ1n) is 8.31. The molecular weight excluding hydrogens is 304 g/mol. The van der Waals surface area contributed by atoms with E-state index in [9.17, 15) is 5.11 Å². The quantitative estimate of drug-likeness (QED) is 0.812. The van der Waals surface area contributed by atoms with Crippen LogP contribution in [0.2, 0.25) is 0 Å². The molecule has 1 atom stereocenters. The summed E-state index contributed by atoms with van der Waals surface area (Å²) in [4.78, 5) is 10.8. The highest BCUT2D eigenvalue weighted by atomic mass is 16.5. The normalized spacial score (nSPS) is 17.2. The van der Waals surface area contributed by atoms with E-state index in [1.54, 1.807) is 13.4 Å². The Balaban J connectivity index is 1.69. The Kier molecular flexibility index (Phi) is 5.61. The fourth-order valence-electron chi connectivity index (χ4n) is 3.14. The Morgan fingerprint density at radius 1 is 1.29 bits per heavy atom. The maximum Gasteiger partial charge on any atom is 0.134 e. The number of benzene rings is 1. The van der Waals surface area contributed by atoms with Crippen LogP contribution in [0.3, 0.4) is 0 Å². The van der Waals surface area contributed by atoms with Crippen molar-refractivity contribution in [1.82, 2.24) is 9.97 Å². The van der Waals surface area contributed by atoms with Crippen molar-refractivity contribution in [3.8, 4) is 0 Å². The number of anilines is 2. The Hall–Kier alpha value is -2.18. The topological polar surface area (TPSA) is 70.5 Å². The van der Waals surface area contributed by atoms with Gasteiger partial charge in [0.25, 0.3) is 0 Å². The van der Waals surface area contributed by atoms with Gasteiger partial charge >= 0.3 is 0 Å². The van der Waals surface area contributed by atoms with Crippen LogP contribution in [0.5, 0.6) is 0 Å². The molecule has 1 aromatic heterocycles. The van der Waals surface area contributed by atoms with Gasteiger partial charge in [-0.15, -0.1) is 0 Å². The van der Waals surface area contributed by atoms with Gasteiger partial charge in [0, 0.05) is 26.3 Å². The second-order valence-corrected chi connectivity index (χ2v) is 5.99. The predicted octanol–water partition coefficient (Wildman–Crippen LogP) is 2.20. The highest BCUT2D eigenvalue weighted by molar-refractivity contribution is 5.50. The summed E-state index contributed by atoms with van der Waals surface area (Å²) in [6.45, 7) is 2.37. The van der Waals surface area contributed by atoms with Gasteiger partial charge in [0.15, 0.2) is 0 Å². The predicted molar refractivity (Wildman–Crippen MR) is 94.0 cm³/mol. The lowest BCUT2D eigenvalue weighted by molar-refractivity contribution is 0.184. The van der Waals surface area contributed by atoms with Crippen LogP contribution >= 0.6 is 0 Å². The molecule has 128 valence electrons. The van der Waals surface area contributed by atoms with E-state index in [2.05, 4.69) is 32.3 Å². The summed E-state index contributed by atoms with van der Waals surface area (Å²) >= 11 is 0. The molecule has 2 N–H and O–H groups in total. The standard InChI is InChI=1S/C18H24N4O2/c1-24-12-15-6-3-2-5-14(15)10-19-17-9-18(21-13-20-17)22-8-4-7-16(22)11-23/h2-3,5-6,9,13,16,23H,4,7-8,10-12H2,1H3,(H,19,20,21)/t16-/m0/s1. The van der Waals surface area contributed by atoms with E-state index in [0.717, 1.165) is 31.0 Å². The van der Waals surface area contributed by atoms with Gasteiger partial charge in [0.2, 0.25) is 0 Å². The summed E-state index contributed by atoms with van der Waals surface area (Å²) < 4.78 is 5.25. The van der Waals surface area contributed by atoms with Crippen LogP contribution in [0.25, 0.3) is 0 Å². The SMILES string of the molecule is COCc1ccccc1CNc1cc(N2CCC[C@H]2CO)ncn1. The Morgan fingerprint density at radius 3 is 2.92 bits per heavy atom. The molecule has 1 fully saturated rings. The average Bonchev–Trinajstić information content (AvgIpc) is 3.10. The molecule has 0 bridgehead atoms. The Labute approximate surface area is 142 Å². The fraction of sp³-hybridized carbons (Fsp3) is 0.444. The summed E-state index contributed by atoms with van der Waals surface area (Å²) in [5.74, 6) is 1.66. The summed E-state index contributed by atoms with van der Waals surface area (Å²) in [7, 11) is 1.70. The molecule has 6 heteroatoms. The number of hydrogen-bond donors (Lipinski definition) is 2.